The van der Waals surface area contributed by atoms with Crippen molar-refractivity contribution >= 4 is 18.4 Å². The molecule has 1 aliphatic heterocycles. The maximum Gasteiger partial charge on any atom is 0.415 e. The summed E-state index contributed by atoms with van der Waals surface area (Å²) in [5.41, 5.74) is 0.920. The number of nitrogens with zero attached hydrogens (tertiary/aromatic N) is 1. The van der Waals surface area contributed by atoms with Gasteiger partial charge >= 0.3 is 6.09 Å². The van der Waals surface area contributed by atoms with Gasteiger partial charge in [0.15, 0.2) is 0 Å². The fourth-order valence-corrected chi connectivity index (χ4v) is 2.42. The SMILES string of the molecule is CCOC(=O)N1C=c2ccccc2=CC1C#Cc1ccccc1. The van der Waals surface area contributed by atoms with Crippen LogP contribution < -0.4 is 10.4 Å². The third-order valence-electron chi connectivity index (χ3n) is 3.53. The lowest BCUT2D eigenvalue weighted by Crippen LogP contribution is -2.43. The summed E-state index contributed by atoms with van der Waals surface area (Å²) in [4.78, 5) is 13.8. The van der Waals surface area contributed by atoms with Crippen LogP contribution in [0.1, 0.15) is 12.5 Å². The minimum Gasteiger partial charge on any atom is -0.449 e. The van der Waals surface area contributed by atoms with Crippen LogP contribution in [-0.4, -0.2) is 23.6 Å². The second-order valence-electron chi connectivity index (χ2n) is 5.11. The molecule has 0 spiro atoms. The predicted molar refractivity (Wildman–Crippen MR) is 90.6 cm³/mol. The van der Waals surface area contributed by atoms with Gasteiger partial charge in [0.1, 0.15) is 6.04 Å². The molecule has 2 aromatic carbocycles. The van der Waals surface area contributed by atoms with Crippen LogP contribution in [0.2, 0.25) is 0 Å². The Balaban J connectivity index is 2.00. The molecule has 3 heteroatoms. The van der Waals surface area contributed by atoms with Crippen molar-refractivity contribution in [2.75, 3.05) is 6.61 Å². The first-order valence-corrected chi connectivity index (χ1v) is 7.58. The van der Waals surface area contributed by atoms with Crippen molar-refractivity contribution < 1.29 is 9.53 Å². The number of hydrogen-bond donors (Lipinski definition) is 0. The average Bonchev–Trinajstić information content (AvgIpc) is 2.60. The molecule has 1 amide bonds. The molecule has 0 fully saturated rings. The molecule has 0 saturated carbocycles. The van der Waals surface area contributed by atoms with Crippen LogP contribution in [0.25, 0.3) is 12.3 Å². The number of ether oxygens (including phenoxy) is 1. The molecule has 0 N–H and O–H groups in total. The molecule has 1 atom stereocenters. The van der Waals surface area contributed by atoms with Crippen molar-refractivity contribution in [3.05, 3.63) is 70.6 Å². The van der Waals surface area contributed by atoms with Gasteiger partial charge in [-0.25, -0.2) is 4.79 Å². The Kier molecular flexibility index (Phi) is 4.44. The Morgan fingerprint density at radius 1 is 1.09 bits per heavy atom. The first kappa shape index (κ1) is 14.9. The van der Waals surface area contributed by atoms with Gasteiger partial charge in [-0.15, -0.1) is 0 Å². The van der Waals surface area contributed by atoms with E-state index in [2.05, 4.69) is 11.8 Å². The third-order valence-corrected chi connectivity index (χ3v) is 3.53. The molecular weight excluding hydrogens is 286 g/mol. The van der Waals surface area contributed by atoms with Crippen LogP contribution in [0, 0.1) is 11.8 Å². The zero-order valence-electron chi connectivity index (χ0n) is 12.9. The number of rotatable bonds is 1. The first-order chi connectivity index (χ1) is 11.3. The summed E-state index contributed by atoms with van der Waals surface area (Å²) in [5.74, 6) is 6.28. The molecular formula is C20H17NO2. The van der Waals surface area contributed by atoms with Crippen molar-refractivity contribution in [2.45, 2.75) is 13.0 Å². The van der Waals surface area contributed by atoms with E-state index in [1.54, 1.807) is 18.0 Å². The molecule has 1 aliphatic rings. The lowest BCUT2D eigenvalue weighted by molar-refractivity contribution is 0.126. The second-order valence-corrected chi connectivity index (χ2v) is 5.11. The molecule has 0 radical (unpaired) electrons. The highest BCUT2D eigenvalue weighted by Crippen LogP contribution is 2.08. The van der Waals surface area contributed by atoms with Gasteiger partial charge in [-0.3, -0.25) is 4.90 Å². The van der Waals surface area contributed by atoms with E-state index in [1.165, 1.54) is 0 Å². The first-order valence-electron chi connectivity index (χ1n) is 7.58. The summed E-state index contributed by atoms with van der Waals surface area (Å²) in [6, 6.07) is 17.3. The monoisotopic (exact) mass is 303 g/mol. The van der Waals surface area contributed by atoms with Gasteiger partial charge in [0.05, 0.1) is 6.61 Å². The van der Waals surface area contributed by atoms with E-state index in [-0.39, 0.29) is 12.1 Å². The summed E-state index contributed by atoms with van der Waals surface area (Å²) < 4.78 is 5.15. The van der Waals surface area contributed by atoms with Gasteiger partial charge in [-0.05, 0) is 35.6 Å². The second kappa shape index (κ2) is 6.85. The van der Waals surface area contributed by atoms with Gasteiger partial charge in [0.25, 0.3) is 0 Å². The molecule has 1 heterocycles. The molecule has 0 aliphatic carbocycles. The Hall–Kier alpha value is -2.99. The molecule has 2 aromatic rings. The highest BCUT2D eigenvalue weighted by Gasteiger charge is 2.21. The highest BCUT2D eigenvalue weighted by atomic mass is 16.6. The molecule has 1 unspecified atom stereocenters. The van der Waals surface area contributed by atoms with Crippen molar-refractivity contribution in [1.82, 2.24) is 4.90 Å². The van der Waals surface area contributed by atoms with Crippen LogP contribution in [0.4, 0.5) is 4.79 Å². The molecule has 23 heavy (non-hydrogen) atoms. The zero-order valence-corrected chi connectivity index (χ0v) is 12.9. The Labute approximate surface area is 135 Å². The Morgan fingerprint density at radius 2 is 1.78 bits per heavy atom. The largest absolute Gasteiger partial charge is 0.449 e. The Bertz CT molecular complexity index is 875. The minimum absolute atomic E-state index is 0.337. The lowest BCUT2D eigenvalue weighted by atomic mass is 10.1. The molecule has 3 rings (SSSR count). The smallest absolute Gasteiger partial charge is 0.415 e. The van der Waals surface area contributed by atoms with Gasteiger partial charge in [0, 0.05) is 11.8 Å². The number of carbonyl (C=O) groups is 1. The van der Waals surface area contributed by atoms with E-state index < -0.39 is 0 Å². The van der Waals surface area contributed by atoms with Gasteiger partial charge in [-0.2, -0.15) is 0 Å². The van der Waals surface area contributed by atoms with Gasteiger partial charge in [-0.1, -0.05) is 54.3 Å². The topological polar surface area (TPSA) is 29.5 Å². The van der Waals surface area contributed by atoms with Crippen LogP contribution in [0.3, 0.4) is 0 Å². The number of hydrogen-bond acceptors (Lipinski definition) is 2. The van der Waals surface area contributed by atoms with Crippen LogP contribution in [-0.2, 0) is 4.74 Å². The molecule has 0 bridgehead atoms. The van der Waals surface area contributed by atoms with Crippen molar-refractivity contribution in [2.24, 2.45) is 0 Å². The summed E-state index contributed by atoms with van der Waals surface area (Å²) in [6.45, 7) is 2.13. The van der Waals surface area contributed by atoms with Crippen molar-refractivity contribution in [3.63, 3.8) is 0 Å². The van der Waals surface area contributed by atoms with Gasteiger partial charge in [0.2, 0.25) is 0 Å². The van der Waals surface area contributed by atoms with E-state index in [0.29, 0.717) is 6.61 Å². The fraction of sp³-hybridized carbons (Fsp3) is 0.150. The van der Waals surface area contributed by atoms with Crippen LogP contribution >= 0.6 is 0 Å². The minimum atomic E-state index is -0.384. The molecule has 0 aromatic heterocycles. The molecule has 114 valence electrons. The summed E-state index contributed by atoms with van der Waals surface area (Å²) in [7, 11) is 0. The Morgan fingerprint density at radius 3 is 2.52 bits per heavy atom. The fourth-order valence-electron chi connectivity index (χ4n) is 2.42. The highest BCUT2D eigenvalue weighted by molar-refractivity contribution is 5.76. The van der Waals surface area contributed by atoms with E-state index in [9.17, 15) is 4.79 Å². The number of fused-ring (bicyclic) bond motifs is 1. The maximum atomic E-state index is 12.2. The molecule has 0 saturated heterocycles. The number of carbonyl (C=O) groups excluding carboxylic acids is 1. The third kappa shape index (κ3) is 3.44. The van der Waals surface area contributed by atoms with Gasteiger partial charge < -0.3 is 4.74 Å². The van der Waals surface area contributed by atoms with Crippen LogP contribution in [0.5, 0.6) is 0 Å². The number of benzene rings is 2. The van der Waals surface area contributed by atoms with E-state index in [0.717, 1.165) is 16.0 Å². The summed E-state index contributed by atoms with van der Waals surface area (Å²) >= 11 is 0. The molecule has 3 nitrogen and oxygen atoms in total. The predicted octanol–water partition coefficient (Wildman–Crippen LogP) is 2.10. The normalized spacial score (nSPS) is 15.3. The summed E-state index contributed by atoms with van der Waals surface area (Å²) in [5, 5.41) is 2.05. The van der Waals surface area contributed by atoms with E-state index in [1.807, 2.05) is 60.7 Å². The zero-order chi connectivity index (χ0) is 16.1. The standard InChI is InChI=1S/C20H17NO2/c1-2-23-20(22)21-15-18-11-7-6-10-17(18)14-19(21)13-12-16-8-4-3-5-9-16/h3-11,14-15,19H,2H2,1H3. The quantitative estimate of drug-likeness (QED) is 0.755. The average molecular weight is 303 g/mol. The van der Waals surface area contributed by atoms with Crippen molar-refractivity contribution in [3.8, 4) is 11.8 Å². The van der Waals surface area contributed by atoms with Crippen LogP contribution in [0.15, 0.2) is 54.6 Å². The summed E-state index contributed by atoms with van der Waals surface area (Å²) in [6.07, 6.45) is 3.41. The van der Waals surface area contributed by atoms with Crippen molar-refractivity contribution in [1.29, 1.82) is 0 Å². The van der Waals surface area contributed by atoms with E-state index in [4.69, 9.17) is 4.74 Å². The maximum absolute atomic E-state index is 12.2. The van der Waals surface area contributed by atoms with E-state index >= 15 is 0 Å². The lowest BCUT2D eigenvalue weighted by Gasteiger charge is -2.24. The number of amides is 1.